The van der Waals surface area contributed by atoms with E-state index in [1.807, 2.05) is 6.92 Å². The van der Waals surface area contributed by atoms with Gasteiger partial charge in [-0.1, -0.05) is 32.6 Å². The average molecular weight is 203 g/mol. The minimum absolute atomic E-state index is 0.0154. The molecule has 0 aliphatic rings. The van der Waals surface area contributed by atoms with Gasteiger partial charge in [0.05, 0.1) is 18.8 Å². The number of aliphatic hydroxyl groups is 2. The SMILES string of the molecule is CCCCCCCNC(C)(CO)CO. The zero-order valence-corrected chi connectivity index (χ0v) is 9.55. The molecule has 0 amide bonds. The molecule has 0 aliphatic heterocycles. The normalized spacial score (nSPS) is 12.0. The third-order valence-electron chi connectivity index (χ3n) is 2.53. The van der Waals surface area contributed by atoms with Crippen molar-refractivity contribution in [3.8, 4) is 0 Å². The van der Waals surface area contributed by atoms with Crippen LogP contribution in [-0.2, 0) is 0 Å². The van der Waals surface area contributed by atoms with Crippen molar-refractivity contribution in [3.05, 3.63) is 0 Å². The molecule has 0 spiro atoms. The van der Waals surface area contributed by atoms with Gasteiger partial charge in [0.25, 0.3) is 0 Å². The van der Waals surface area contributed by atoms with Gasteiger partial charge in [0.15, 0.2) is 0 Å². The summed E-state index contributed by atoms with van der Waals surface area (Å²) in [6.07, 6.45) is 6.20. The number of aliphatic hydroxyl groups excluding tert-OH is 2. The first-order valence-corrected chi connectivity index (χ1v) is 5.65. The lowest BCUT2D eigenvalue weighted by Gasteiger charge is -2.26. The van der Waals surface area contributed by atoms with Crippen molar-refractivity contribution in [2.45, 2.75) is 51.5 Å². The molecule has 0 aromatic heterocycles. The number of nitrogens with one attached hydrogen (secondary N) is 1. The van der Waals surface area contributed by atoms with Gasteiger partial charge in [-0.15, -0.1) is 0 Å². The maximum absolute atomic E-state index is 9.00. The van der Waals surface area contributed by atoms with Crippen LogP contribution in [0.2, 0.25) is 0 Å². The van der Waals surface area contributed by atoms with Crippen LogP contribution in [0.5, 0.6) is 0 Å². The summed E-state index contributed by atoms with van der Waals surface area (Å²) in [4.78, 5) is 0. The molecule has 86 valence electrons. The number of hydrogen-bond donors (Lipinski definition) is 3. The van der Waals surface area contributed by atoms with Gasteiger partial charge in [-0.25, -0.2) is 0 Å². The predicted octanol–water partition coefficient (Wildman–Crippen LogP) is 1.29. The van der Waals surface area contributed by atoms with Gasteiger partial charge in [0.2, 0.25) is 0 Å². The van der Waals surface area contributed by atoms with E-state index < -0.39 is 5.54 Å². The molecule has 0 heterocycles. The van der Waals surface area contributed by atoms with E-state index in [0.29, 0.717) is 0 Å². The Morgan fingerprint density at radius 1 is 1.00 bits per heavy atom. The Hall–Kier alpha value is -0.120. The van der Waals surface area contributed by atoms with E-state index in [-0.39, 0.29) is 13.2 Å². The summed E-state index contributed by atoms with van der Waals surface area (Å²) in [5.74, 6) is 0. The molecular formula is C11H25NO2. The van der Waals surface area contributed by atoms with Crippen molar-refractivity contribution in [2.75, 3.05) is 19.8 Å². The van der Waals surface area contributed by atoms with E-state index >= 15 is 0 Å². The lowest BCUT2D eigenvalue weighted by molar-refractivity contribution is 0.104. The molecule has 3 N–H and O–H groups in total. The molecule has 0 radical (unpaired) electrons. The van der Waals surface area contributed by atoms with Crippen LogP contribution in [0.3, 0.4) is 0 Å². The van der Waals surface area contributed by atoms with Gasteiger partial charge in [0, 0.05) is 0 Å². The van der Waals surface area contributed by atoms with Crippen molar-refractivity contribution in [1.82, 2.24) is 5.32 Å². The summed E-state index contributed by atoms with van der Waals surface area (Å²) in [6.45, 7) is 4.88. The molecule has 0 saturated heterocycles. The van der Waals surface area contributed by atoms with Crippen molar-refractivity contribution in [1.29, 1.82) is 0 Å². The van der Waals surface area contributed by atoms with Crippen molar-refractivity contribution in [2.24, 2.45) is 0 Å². The highest BCUT2D eigenvalue weighted by Gasteiger charge is 2.20. The van der Waals surface area contributed by atoms with Crippen molar-refractivity contribution >= 4 is 0 Å². The molecule has 14 heavy (non-hydrogen) atoms. The molecule has 0 saturated carbocycles. The second kappa shape index (κ2) is 8.21. The van der Waals surface area contributed by atoms with Crippen molar-refractivity contribution in [3.63, 3.8) is 0 Å². The summed E-state index contributed by atoms with van der Waals surface area (Å²) in [5, 5.41) is 21.2. The van der Waals surface area contributed by atoms with Gasteiger partial charge in [0.1, 0.15) is 0 Å². The third-order valence-corrected chi connectivity index (χ3v) is 2.53. The van der Waals surface area contributed by atoms with E-state index in [4.69, 9.17) is 10.2 Å². The van der Waals surface area contributed by atoms with Gasteiger partial charge in [-0.3, -0.25) is 0 Å². The second-order valence-electron chi connectivity index (χ2n) is 4.22. The predicted molar refractivity (Wildman–Crippen MR) is 59.3 cm³/mol. The lowest BCUT2D eigenvalue weighted by atomic mass is 10.1. The monoisotopic (exact) mass is 203 g/mol. The Kier molecular flexibility index (Phi) is 8.14. The Morgan fingerprint density at radius 3 is 2.07 bits per heavy atom. The maximum atomic E-state index is 9.00. The maximum Gasteiger partial charge on any atom is 0.0633 e. The molecule has 0 atom stereocenters. The number of unbranched alkanes of at least 4 members (excludes halogenated alkanes) is 4. The number of hydrogen-bond acceptors (Lipinski definition) is 3. The second-order valence-corrected chi connectivity index (χ2v) is 4.22. The van der Waals surface area contributed by atoms with Crippen LogP contribution in [0.15, 0.2) is 0 Å². The molecule has 3 nitrogen and oxygen atoms in total. The smallest absolute Gasteiger partial charge is 0.0633 e. The molecule has 0 aliphatic carbocycles. The Labute approximate surface area is 87.5 Å². The molecular weight excluding hydrogens is 178 g/mol. The molecule has 0 unspecified atom stereocenters. The van der Waals surface area contributed by atoms with Crippen molar-refractivity contribution < 1.29 is 10.2 Å². The molecule has 0 bridgehead atoms. The van der Waals surface area contributed by atoms with Gasteiger partial charge in [-0.05, 0) is 19.9 Å². The lowest BCUT2D eigenvalue weighted by Crippen LogP contribution is -2.49. The zero-order chi connectivity index (χ0) is 10.9. The minimum Gasteiger partial charge on any atom is -0.394 e. The minimum atomic E-state index is -0.509. The van der Waals surface area contributed by atoms with Crippen LogP contribution >= 0.6 is 0 Å². The fraction of sp³-hybridized carbons (Fsp3) is 1.00. The fourth-order valence-corrected chi connectivity index (χ4v) is 1.28. The van der Waals surface area contributed by atoms with Crippen LogP contribution in [0.4, 0.5) is 0 Å². The van der Waals surface area contributed by atoms with Gasteiger partial charge in [-0.2, -0.15) is 0 Å². The Morgan fingerprint density at radius 2 is 1.57 bits per heavy atom. The van der Waals surface area contributed by atoms with Gasteiger partial charge < -0.3 is 15.5 Å². The summed E-state index contributed by atoms with van der Waals surface area (Å²) in [7, 11) is 0. The summed E-state index contributed by atoms with van der Waals surface area (Å²) in [6, 6.07) is 0. The van der Waals surface area contributed by atoms with Crippen LogP contribution in [0.25, 0.3) is 0 Å². The highest BCUT2D eigenvalue weighted by atomic mass is 16.3. The molecule has 0 aromatic rings. The first-order chi connectivity index (χ1) is 6.68. The van der Waals surface area contributed by atoms with Crippen LogP contribution < -0.4 is 5.32 Å². The first kappa shape index (κ1) is 13.9. The topological polar surface area (TPSA) is 52.5 Å². The van der Waals surface area contributed by atoms with E-state index in [9.17, 15) is 0 Å². The van der Waals surface area contributed by atoms with Crippen LogP contribution in [0.1, 0.15) is 46.0 Å². The van der Waals surface area contributed by atoms with E-state index in [2.05, 4.69) is 12.2 Å². The van der Waals surface area contributed by atoms with E-state index in [0.717, 1.165) is 13.0 Å². The molecule has 0 fully saturated rings. The van der Waals surface area contributed by atoms with E-state index in [1.54, 1.807) is 0 Å². The standard InChI is InChI=1S/C11H25NO2/c1-3-4-5-6-7-8-12-11(2,9-13)10-14/h12-14H,3-10H2,1-2H3. The van der Waals surface area contributed by atoms with Gasteiger partial charge >= 0.3 is 0 Å². The first-order valence-electron chi connectivity index (χ1n) is 5.65. The highest BCUT2D eigenvalue weighted by molar-refractivity contribution is 4.80. The Balaban J connectivity index is 3.34. The largest absolute Gasteiger partial charge is 0.394 e. The highest BCUT2D eigenvalue weighted by Crippen LogP contribution is 2.04. The average Bonchev–Trinajstić information content (AvgIpc) is 2.23. The quantitative estimate of drug-likeness (QED) is 0.495. The number of rotatable bonds is 9. The van der Waals surface area contributed by atoms with Crippen LogP contribution in [0, 0.1) is 0 Å². The molecule has 0 aromatic carbocycles. The fourth-order valence-electron chi connectivity index (χ4n) is 1.28. The Bertz CT molecular complexity index is 124. The molecule has 0 rings (SSSR count). The molecule has 3 heteroatoms. The summed E-state index contributed by atoms with van der Waals surface area (Å²) >= 11 is 0. The zero-order valence-electron chi connectivity index (χ0n) is 9.55. The van der Waals surface area contributed by atoms with Crippen LogP contribution in [-0.4, -0.2) is 35.5 Å². The summed E-state index contributed by atoms with van der Waals surface area (Å²) in [5.41, 5.74) is -0.509. The van der Waals surface area contributed by atoms with E-state index in [1.165, 1.54) is 25.7 Å². The summed E-state index contributed by atoms with van der Waals surface area (Å²) < 4.78 is 0. The third kappa shape index (κ3) is 6.35.